The second-order valence-corrected chi connectivity index (χ2v) is 7.09. The number of carbonyl (C=O) groups excluding carboxylic acids is 1. The van der Waals surface area contributed by atoms with Gasteiger partial charge in [0, 0.05) is 31.7 Å². The van der Waals surface area contributed by atoms with Crippen LogP contribution < -0.4 is 5.73 Å². The summed E-state index contributed by atoms with van der Waals surface area (Å²) in [6.45, 7) is 1.76. The van der Waals surface area contributed by atoms with Crippen molar-refractivity contribution < 1.29 is 4.79 Å². The number of benzene rings is 1. The van der Waals surface area contributed by atoms with E-state index in [9.17, 15) is 4.79 Å². The van der Waals surface area contributed by atoms with Crippen molar-refractivity contribution in [1.82, 2.24) is 14.7 Å². The van der Waals surface area contributed by atoms with Gasteiger partial charge in [-0.05, 0) is 48.8 Å². The monoisotopic (exact) mass is 360 g/mol. The van der Waals surface area contributed by atoms with Gasteiger partial charge in [-0.1, -0.05) is 18.2 Å². The number of amides is 1. The molecule has 5 nitrogen and oxygen atoms in total. The van der Waals surface area contributed by atoms with Crippen LogP contribution in [0.25, 0.3) is 5.69 Å². The average molecular weight is 361 g/mol. The minimum absolute atomic E-state index is 0. The smallest absolute Gasteiger partial charge is 0.222 e. The highest BCUT2D eigenvalue weighted by molar-refractivity contribution is 5.85. The molecular weight excluding hydrogens is 336 g/mol. The summed E-state index contributed by atoms with van der Waals surface area (Å²) in [6, 6.07) is 10.3. The summed E-state index contributed by atoms with van der Waals surface area (Å²) in [4.78, 5) is 14.5. The lowest BCUT2D eigenvalue weighted by atomic mass is 9.98. The number of aromatic nitrogens is 2. The van der Waals surface area contributed by atoms with Crippen LogP contribution in [-0.4, -0.2) is 39.7 Å². The van der Waals surface area contributed by atoms with E-state index >= 15 is 0 Å². The Morgan fingerprint density at radius 1 is 1.20 bits per heavy atom. The summed E-state index contributed by atoms with van der Waals surface area (Å²) in [6.07, 6.45) is 7.46. The van der Waals surface area contributed by atoms with Crippen molar-refractivity contribution in [2.24, 2.45) is 17.6 Å². The maximum absolute atomic E-state index is 12.5. The second-order valence-electron chi connectivity index (χ2n) is 7.09. The zero-order valence-corrected chi connectivity index (χ0v) is 15.1. The van der Waals surface area contributed by atoms with E-state index in [1.54, 1.807) is 0 Å². The number of aryl methyl sites for hydroxylation is 1. The Morgan fingerprint density at radius 3 is 2.76 bits per heavy atom. The Hall–Kier alpha value is -1.85. The van der Waals surface area contributed by atoms with Crippen molar-refractivity contribution in [2.45, 2.75) is 31.7 Å². The van der Waals surface area contributed by atoms with Crippen molar-refractivity contribution in [2.75, 3.05) is 13.1 Å². The lowest BCUT2D eigenvalue weighted by Gasteiger charge is -2.18. The largest absolute Gasteiger partial charge is 0.342 e. The number of para-hydroxylation sites is 1. The van der Waals surface area contributed by atoms with Crippen LogP contribution >= 0.6 is 12.4 Å². The molecule has 2 heterocycles. The Labute approximate surface area is 154 Å². The van der Waals surface area contributed by atoms with Crippen molar-refractivity contribution in [3.05, 3.63) is 48.3 Å². The van der Waals surface area contributed by atoms with E-state index in [4.69, 9.17) is 5.73 Å². The number of nitrogens with two attached hydrogens (primary N) is 1. The number of carbonyl (C=O) groups is 1. The van der Waals surface area contributed by atoms with E-state index in [1.807, 2.05) is 52.3 Å². The van der Waals surface area contributed by atoms with Crippen LogP contribution in [0.5, 0.6) is 0 Å². The molecular formula is C19H25ClN4O. The Bertz CT molecular complexity index is 717. The molecule has 3 atom stereocenters. The number of halogens is 1. The van der Waals surface area contributed by atoms with Gasteiger partial charge in [-0.2, -0.15) is 5.10 Å². The number of likely N-dealkylation sites (tertiary alicyclic amines) is 1. The first-order valence-electron chi connectivity index (χ1n) is 8.83. The maximum atomic E-state index is 12.5. The first-order chi connectivity index (χ1) is 11.7. The highest BCUT2D eigenvalue weighted by Crippen LogP contribution is 2.37. The zero-order chi connectivity index (χ0) is 16.5. The third-order valence-corrected chi connectivity index (χ3v) is 5.55. The molecule has 3 unspecified atom stereocenters. The van der Waals surface area contributed by atoms with Gasteiger partial charge in [0.15, 0.2) is 0 Å². The van der Waals surface area contributed by atoms with Gasteiger partial charge in [0.25, 0.3) is 0 Å². The van der Waals surface area contributed by atoms with Gasteiger partial charge >= 0.3 is 0 Å². The molecule has 1 aromatic carbocycles. The Balaban J connectivity index is 0.00000182. The molecule has 2 aromatic rings. The molecule has 1 aromatic heterocycles. The van der Waals surface area contributed by atoms with Crippen LogP contribution in [0.1, 0.15) is 24.8 Å². The highest BCUT2D eigenvalue weighted by Gasteiger charge is 2.42. The molecule has 1 amide bonds. The quantitative estimate of drug-likeness (QED) is 0.910. The molecule has 1 aliphatic heterocycles. The molecule has 6 heteroatoms. The van der Waals surface area contributed by atoms with Gasteiger partial charge in [-0.3, -0.25) is 4.79 Å². The summed E-state index contributed by atoms with van der Waals surface area (Å²) in [5, 5.41) is 4.39. The Morgan fingerprint density at radius 2 is 2.00 bits per heavy atom. The zero-order valence-electron chi connectivity index (χ0n) is 14.3. The van der Waals surface area contributed by atoms with Gasteiger partial charge < -0.3 is 10.6 Å². The molecule has 1 saturated heterocycles. The number of hydrogen-bond acceptors (Lipinski definition) is 3. The van der Waals surface area contributed by atoms with E-state index in [2.05, 4.69) is 5.10 Å². The molecule has 0 spiro atoms. The molecule has 2 fully saturated rings. The molecule has 1 aliphatic carbocycles. The fourth-order valence-electron chi connectivity index (χ4n) is 4.13. The molecule has 0 radical (unpaired) electrons. The third kappa shape index (κ3) is 3.72. The fraction of sp³-hybridized carbons (Fsp3) is 0.474. The molecule has 134 valence electrons. The van der Waals surface area contributed by atoms with E-state index in [0.29, 0.717) is 18.3 Å². The van der Waals surface area contributed by atoms with Crippen LogP contribution in [0.4, 0.5) is 0 Å². The molecule has 0 bridgehead atoms. The predicted molar refractivity (Wildman–Crippen MR) is 99.9 cm³/mol. The van der Waals surface area contributed by atoms with E-state index < -0.39 is 0 Å². The molecule has 1 saturated carbocycles. The van der Waals surface area contributed by atoms with Crippen LogP contribution in [0, 0.1) is 11.8 Å². The van der Waals surface area contributed by atoms with E-state index in [0.717, 1.165) is 37.2 Å². The fourth-order valence-corrected chi connectivity index (χ4v) is 4.13. The number of fused-ring (bicyclic) bond motifs is 1. The lowest BCUT2D eigenvalue weighted by molar-refractivity contribution is -0.130. The maximum Gasteiger partial charge on any atom is 0.222 e. The van der Waals surface area contributed by atoms with Crippen molar-refractivity contribution in [1.29, 1.82) is 0 Å². The van der Waals surface area contributed by atoms with Crippen molar-refractivity contribution >= 4 is 18.3 Å². The van der Waals surface area contributed by atoms with E-state index in [1.165, 1.54) is 6.42 Å². The summed E-state index contributed by atoms with van der Waals surface area (Å²) >= 11 is 0. The molecule has 2 N–H and O–H groups in total. The molecule has 2 aliphatic rings. The van der Waals surface area contributed by atoms with Gasteiger partial charge in [0.2, 0.25) is 5.91 Å². The van der Waals surface area contributed by atoms with Crippen molar-refractivity contribution in [3.63, 3.8) is 0 Å². The Kier molecular flexibility index (Phi) is 5.45. The van der Waals surface area contributed by atoms with Crippen LogP contribution in [0.2, 0.25) is 0 Å². The number of hydrogen-bond donors (Lipinski definition) is 1. The summed E-state index contributed by atoms with van der Waals surface area (Å²) in [5.74, 6) is 1.41. The minimum Gasteiger partial charge on any atom is -0.342 e. The summed E-state index contributed by atoms with van der Waals surface area (Å²) in [5.41, 5.74) is 8.29. The number of nitrogens with zero attached hydrogens (tertiary/aromatic N) is 3. The summed E-state index contributed by atoms with van der Waals surface area (Å²) < 4.78 is 1.86. The second kappa shape index (κ2) is 7.58. The van der Waals surface area contributed by atoms with Crippen LogP contribution in [0.15, 0.2) is 42.7 Å². The average Bonchev–Trinajstić information content (AvgIpc) is 3.31. The SMILES string of the molecule is Cl.NC1CCC2CN(C(=O)CCc3cnn(-c4ccccc4)c3)CC12. The predicted octanol–water partition coefficient (Wildman–Crippen LogP) is 2.42. The first-order valence-corrected chi connectivity index (χ1v) is 8.83. The standard InChI is InChI=1S/C19H24N4O.ClH/c20-18-8-7-15-12-22(13-17(15)18)19(24)9-6-14-10-21-23(11-14)16-4-2-1-3-5-16;/h1-5,10-11,15,17-18H,6-9,12-13,20H2;1H. The van der Waals surface area contributed by atoms with Crippen LogP contribution in [0.3, 0.4) is 0 Å². The van der Waals surface area contributed by atoms with E-state index in [-0.39, 0.29) is 24.4 Å². The minimum atomic E-state index is 0. The van der Waals surface area contributed by atoms with Gasteiger partial charge in [0.1, 0.15) is 0 Å². The highest BCUT2D eigenvalue weighted by atomic mass is 35.5. The first kappa shape index (κ1) is 18.0. The lowest BCUT2D eigenvalue weighted by Crippen LogP contribution is -2.33. The summed E-state index contributed by atoms with van der Waals surface area (Å²) in [7, 11) is 0. The topological polar surface area (TPSA) is 64.2 Å². The van der Waals surface area contributed by atoms with Gasteiger partial charge in [-0.25, -0.2) is 4.68 Å². The van der Waals surface area contributed by atoms with Crippen molar-refractivity contribution in [3.8, 4) is 5.69 Å². The number of rotatable bonds is 4. The van der Waals surface area contributed by atoms with Crippen LogP contribution in [-0.2, 0) is 11.2 Å². The normalized spacial score (nSPS) is 24.8. The third-order valence-electron chi connectivity index (χ3n) is 5.55. The van der Waals surface area contributed by atoms with Gasteiger partial charge in [-0.15, -0.1) is 12.4 Å². The molecule has 4 rings (SSSR count). The van der Waals surface area contributed by atoms with Gasteiger partial charge in [0.05, 0.1) is 11.9 Å². The molecule has 25 heavy (non-hydrogen) atoms.